The lowest BCUT2D eigenvalue weighted by atomic mass is 10.1. The van der Waals surface area contributed by atoms with E-state index in [2.05, 4.69) is 86.8 Å². The number of carboxylic acid groups (broad SMARTS) is 1. The molecule has 0 amide bonds. The maximum Gasteiger partial charge on any atom is 0.362 e. The SMILES string of the molecule is CC/C=C/C/C=C/C/C=C/C/C=C/C/C=C/C/C=C/CCC(=O)OCC(COCCC(C(=O)O)[N+](C)(C)C)OC(=O)CCCCCCCCC/C=C/CCCCCCCCCC. The summed E-state index contributed by atoms with van der Waals surface area (Å²) in [5.74, 6) is -1.58. The van der Waals surface area contributed by atoms with E-state index in [-0.39, 0.29) is 42.7 Å². The standard InChI is InChI=1S/C54H91NO7/c1-6-8-10-12-14-16-18-20-22-24-26-28-30-32-34-36-38-40-42-44-52(56)61-49-50(48-60-47-46-51(54(58)59)55(3,4)5)62-53(57)45-43-41-39-37-35-33-31-29-27-25-23-21-19-17-15-13-11-9-7-2/h8,10,14,16,20,22,25-28,32,34,38,40,50-51H,6-7,9,11-13,15,17-19,21,23-24,29-31,33,35-37,39,41-49H2,1-5H3/p+1/b10-8+,16-14+,22-20+,27-25+,28-26+,34-32+,40-38+. The molecular formula is C54H92NO7+. The molecule has 62 heavy (non-hydrogen) atoms. The van der Waals surface area contributed by atoms with Crippen molar-refractivity contribution in [2.75, 3.05) is 41.0 Å². The quantitative estimate of drug-likeness (QED) is 0.0282. The molecule has 0 heterocycles. The summed E-state index contributed by atoms with van der Waals surface area (Å²) in [7, 11) is 5.50. The normalized spacial score (nSPS) is 13.6. The fourth-order valence-corrected chi connectivity index (χ4v) is 6.76. The van der Waals surface area contributed by atoms with Crippen LogP contribution < -0.4 is 0 Å². The predicted octanol–water partition coefficient (Wildman–Crippen LogP) is 14.1. The number of nitrogens with zero attached hydrogens (tertiary/aromatic N) is 1. The summed E-state index contributed by atoms with van der Waals surface area (Å²) >= 11 is 0. The van der Waals surface area contributed by atoms with E-state index in [0.717, 1.165) is 57.8 Å². The van der Waals surface area contributed by atoms with Gasteiger partial charge >= 0.3 is 17.9 Å². The summed E-state index contributed by atoms with van der Waals surface area (Å²) < 4.78 is 17.2. The molecule has 8 nitrogen and oxygen atoms in total. The van der Waals surface area contributed by atoms with Crippen molar-refractivity contribution >= 4 is 17.9 Å². The van der Waals surface area contributed by atoms with E-state index in [0.29, 0.717) is 19.3 Å². The van der Waals surface area contributed by atoms with Crippen LogP contribution in [0.25, 0.3) is 0 Å². The van der Waals surface area contributed by atoms with Crippen molar-refractivity contribution in [1.82, 2.24) is 0 Å². The summed E-state index contributed by atoms with van der Waals surface area (Å²) in [4.78, 5) is 37.1. The van der Waals surface area contributed by atoms with Gasteiger partial charge in [-0.2, -0.15) is 0 Å². The van der Waals surface area contributed by atoms with E-state index in [1.54, 1.807) is 0 Å². The van der Waals surface area contributed by atoms with E-state index in [1.807, 2.05) is 33.3 Å². The van der Waals surface area contributed by atoms with Gasteiger partial charge in [0.1, 0.15) is 6.61 Å². The molecule has 1 N–H and O–H groups in total. The first-order valence-corrected chi connectivity index (χ1v) is 24.6. The van der Waals surface area contributed by atoms with Crippen LogP contribution in [-0.4, -0.2) is 80.6 Å². The second-order valence-corrected chi connectivity index (χ2v) is 17.3. The van der Waals surface area contributed by atoms with Gasteiger partial charge < -0.3 is 23.8 Å². The molecule has 0 aliphatic rings. The third kappa shape index (κ3) is 41.8. The third-order valence-electron chi connectivity index (χ3n) is 10.5. The zero-order chi connectivity index (χ0) is 45.6. The molecule has 0 aliphatic heterocycles. The molecule has 0 aliphatic carbocycles. The van der Waals surface area contributed by atoms with E-state index in [1.165, 1.54) is 89.9 Å². The van der Waals surface area contributed by atoms with Gasteiger partial charge in [-0.25, -0.2) is 4.79 Å². The number of hydrogen-bond acceptors (Lipinski definition) is 6. The molecule has 0 rings (SSSR count). The van der Waals surface area contributed by atoms with Crippen LogP contribution in [0.15, 0.2) is 85.1 Å². The Morgan fingerprint density at radius 2 is 0.935 bits per heavy atom. The van der Waals surface area contributed by atoms with Crippen LogP contribution >= 0.6 is 0 Å². The third-order valence-corrected chi connectivity index (χ3v) is 10.5. The summed E-state index contributed by atoms with van der Waals surface area (Å²) in [6, 6.07) is -0.630. The van der Waals surface area contributed by atoms with Gasteiger partial charge in [0.25, 0.3) is 0 Å². The Morgan fingerprint density at radius 1 is 0.500 bits per heavy atom. The highest BCUT2D eigenvalue weighted by atomic mass is 16.6. The number of hydrogen-bond donors (Lipinski definition) is 1. The molecule has 0 bridgehead atoms. The van der Waals surface area contributed by atoms with Crippen LogP contribution in [0.3, 0.4) is 0 Å². The van der Waals surface area contributed by atoms with Crippen LogP contribution in [0, 0.1) is 0 Å². The van der Waals surface area contributed by atoms with Crippen LogP contribution in [0.4, 0.5) is 0 Å². The largest absolute Gasteiger partial charge is 0.477 e. The smallest absolute Gasteiger partial charge is 0.362 e. The Kier molecular flexibility index (Phi) is 41.6. The van der Waals surface area contributed by atoms with Crippen molar-refractivity contribution in [3.63, 3.8) is 0 Å². The fourth-order valence-electron chi connectivity index (χ4n) is 6.76. The number of carbonyl (C=O) groups is 3. The molecule has 2 unspecified atom stereocenters. The second-order valence-electron chi connectivity index (χ2n) is 17.3. The predicted molar refractivity (Wildman–Crippen MR) is 261 cm³/mol. The molecule has 0 fully saturated rings. The van der Waals surface area contributed by atoms with Crippen molar-refractivity contribution in [3.8, 4) is 0 Å². The van der Waals surface area contributed by atoms with Crippen molar-refractivity contribution in [2.45, 2.75) is 199 Å². The Balaban J connectivity index is 4.41. The van der Waals surface area contributed by atoms with Crippen molar-refractivity contribution in [1.29, 1.82) is 0 Å². The van der Waals surface area contributed by atoms with Crippen LogP contribution in [0.1, 0.15) is 187 Å². The van der Waals surface area contributed by atoms with E-state index >= 15 is 0 Å². The minimum Gasteiger partial charge on any atom is -0.477 e. The monoisotopic (exact) mass is 867 g/mol. The fraction of sp³-hybridized carbons (Fsp3) is 0.685. The van der Waals surface area contributed by atoms with Gasteiger partial charge in [0.2, 0.25) is 0 Å². The number of allylic oxidation sites excluding steroid dienone is 14. The highest BCUT2D eigenvalue weighted by molar-refractivity contribution is 5.72. The Labute approximate surface area is 380 Å². The minimum absolute atomic E-state index is 0.0318. The molecule has 0 saturated carbocycles. The van der Waals surface area contributed by atoms with Gasteiger partial charge in [-0.1, -0.05) is 176 Å². The molecule has 354 valence electrons. The molecule has 0 radical (unpaired) electrons. The lowest BCUT2D eigenvalue weighted by Crippen LogP contribution is -2.50. The lowest BCUT2D eigenvalue weighted by molar-refractivity contribution is -0.887. The topological polar surface area (TPSA) is 99.1 Å². The summed E-state index contributed by atoms with van der Waals surface area (Å²) in [5, 5.41) is 9.64. The number of unbranched alkanes of at least 4 members (excludes halogenated alkanes) is 15. The van der Waals surface area contributed by atoms with Gasteiger partial charge in [0.15, 0.2) is 12.1 Å². The number of quaternary nitrogens is 1. The second kappa shape index (κ2) is 44.1. The molecule has 0 spiro atoms. The number of carbonyl (C=O) groups excluding carboxylic acids is 2. The molecule has 8 heteroatoms. The van der Waals surface area contributed by atoms with Crippen molar-refractivity contribution in [2.24, 2.45) is 0 Å². The van der Waals surface area contributed by atoms with E-state index in [9.17, 15) is 19.5 Å². The molecular weight excluding hydrogens is 775 g/mol. The zero-order valence-electron chi connectivity index (χ0n) is 40.3. The van der Waals surface area contributed by atoms with Crippen molar-refractivity contribution in [3.05, 3.63) is 85.1 Å². The average molecular weight is 867 g/mol. The number of esters is 2. The van der Waals surface area contributed by atoms with Crippen LogP contribution in [0.5, 0.6) is 0 Å². The minimum atomic E-state index is -0.887. The molecule has 0 aromatic heterocycles. The van der Waals surface area contributed by atoms with Crippen LogP contribution in [0.2, 0.25) is 0 Å². The zero-order valence-corrected chi connectivity index (χ0v) is 40.3. The van der Waals surface area contributed by atoms with Gasteiger partial charge in [0.05, 0.1) is 34.4 Å². The van der Waals surface area contributed by atoms with Gasteiger partial charge in [-0.3, -0.25) is 9.59 Å². The number of carboxylic acids is 1. The summed E-state index contributed by atoms with van der Waals surface area (Å²) in [6.45, 7) is 4.54. The van der Waals surface area contributed by atoms with Crippen molar-refractivity contribution < 1.29 is 38.2 Å². The number of rotatable bonds is 43. The first-order chi connectivity index (χ1) is 30.1. The Hall–Kier alpha value is -3.49. The van der Waals surface area contributed by atoms with E-state index < -0.39 is 18.1 Å². The van der Waals surface area contributed by atoms with E-state index in [4.69, 9.17) is 14.2 Å². The van der Waals surface area contributed by atoms with Gasteiger partial charge in [0, 0.05) is 19.3 Å². The molecule has 0 saturated heterocycles. The lowest BCUT2D eigenvalue weighted by Gasteiger charge is -2.31. The highest BCUT2D eigenvalue weighted by Crippen LogP contribution is 2.14. The van der Waals surface area contributed by atoms with Crippen LogP contribution in [-0.2, 0) is 28.6 Å². The molecule has 2 atom stereocenters. The highest BCUT2D eigenvalue weighted by Gasteiger charge is 2.31. The number of ether oxygens (including phenoxy) is 3. The summed E-state index contributed by atoms with van der Waals surface area (Å²) in [6.07, 6.45) is 57.9. The Morgan fingerprint density at radius 3 is 1.40 bits per heavy atom. The number of aliphatic carboxylic acids is 1. The average Bonchev–Trinajstić information content (AvgIpc) is 3.23. The first kappa shape index (κ1) is 58.5. The Bertz CT molecular complexity index is 1290. The molecule has 0 aromatic rings. The maximum atomic E-state index is 12.8. The van der Waals surface area contributed by atoms with Gasteiger partial charge in [-0.05, 0) is 77.0 Å². The summed E-state index contributed by atoms with van der Waals surface area (Å²) in [5.41, 5.74) is 0. The maximum absolute atomic E-state index is 12.8. The molecule has 0 aromatic carbocycles. The van der Waals surface area contributed by atoms with Gasteiger partial charge in [-0.15, -0.1) is 0 Å². The number of likely N-dealkylation sites (N-methyl/N-ethyl adjacent to an activating group) is 1. The first-order valence-electron chi connectivity index (χ1n) is 24.6.